The predicted octanol–water partition coefficient (Wildman–Crippen LogP) is 1.80. The summed E-state index contributed by atoms with van der Waals surface area (Å²) in [4.78, 5) is 30.9. The summed E-state index contributed by atoms with van der Waals surface area (Å²) in [5.74, 6) is -0.238. The van der Waals surface area contributed by atoms with E-state index in [-0.39, 0.29) is 5.91 Å². The van der Waals surface area contributed by atoms with Gasteiger partial charge in [0.2, 0.25) is 0 Å². The highest BCUT2D eigenvalue weighted by Crippen LogP contribution is 2.32. The molecule has 1 fully saturated rings. The van der Waals surface area contributed by atoms with Gasteiger partial charge in [0.15, 0.2) is 0 Å². The van der Waals surface area contributed by atoms with Gasteiger partial charge in [0, 0.05) is 13.6 Å². The Morgan fingerprint density at radius 1 is 1.32 bits per heavy atom. The quantitative estimate of drug-likeness (QED) is 0.719. The van der Waals surface area contributed by atoms with Gasteiger partial charge in [-0.05, 0) is 40.5 Å². The van der Waals surface area contributed by atoms with Gasteiger partial charge in [0.05, 0.1) is 7.11 Å². The molecule has 1 heterocycles. The highest BCUT2D eigenvalue weighted by atomic mass is 16.7. The van der Waals surface area contributed by atoms with Gasteiger partial charge < -0.3 is 4.74 Å². The minimum atomic E-state index is -0.896. The lowest BCUT2D eigenvalue weighted by Gasteiger charge is -2.36. The Morgan fingerprint density at radius 3 is 2.37 bits per heavy atom. The molecule has 2 amide bonds. The molecule has 0 aromatic rings. The van der Waals surface area contributed by atoms with Crippen LogP contribution in [0.15, 0.2) is 0 Å². The molecule has 1 aliphatic heterocycles. The number of likely N-dealkylation sites (N-methyl/N-ethyl adjacent to an activating group) is 1. The molecule has 1 aliphatic rings. The van der Waals surface area contributed by atoms with Gasteiger partial charge >= 0.3 is 6.09 Å². The van der Waals surface area contributed by atoms with Gasteiger partial charge in [0.1, 0.15) is 11.1 Å². The summed E-state index contributed by atoms with van der Waals surface area (Å²) in [7, 11) is 2.97. The normalized spacial score (nSPS) is 23.4. The van der Waals surface area contributed by atoms with Crippen molar-refractivity contribution < 1.29 is 19.2 Å². The highest BCUT2D eigenvalue weighted by Gasteiger charge is 2.48. The number of hydrogen-bond acceptors (Lipinski definition) is 4. The average Bonchev–Trinajstić information content (AvgIpc) is 2.68. The largest absolute Gasteiger partial charge is 0.444 e. The number of carbonyl (C=O) groups is 2. The molecule has 0 N–H and O–H groups in total. The zero-order valence-electron chi connectivity index (χ0n) is 12.6. The number of hydroxylamine groups is 2. The van der Waals surface area contributed by atoms with Crippen molar-refractivity contribution in [2.24, 2.45) is 0 Å². The lowest BCUT2D eigenvalue weighted by molar-refractivity contribution is -0.179. The Hall–Kier alpha value is -1.30. The fourth-order valence-corrected chi connectivity index (χ4v) is 2.22. The molecule has 1 saturated heterocycles. The number of ether oxygens (including phenoxy) is 1. The average molecular weight is 272 g/mol. The van der Waals surface area contributed by atoms with E-state index in [1.807, 2.05) is 0 Å². The van der Waals surface area contributed by atoms with E-state index in [2.05, 4.69) is 0 Å². The Kier molecular flexibility index (Phi) is 4.45. The van der Waals surface area contributed by atoms with Crippen LogP contribution in [-0.2, 0) is 14.4 Å². The van der Waals surface area contributed by atoms with Gasteiger partial charge in [-0.3, -0.25) is 14.5 Å². The van der Waals surface area contributed by atoms with Crippen LogP contribution >= 0.6 is 0 Å². The molecule has 0 spiro atoms. The van der Waals surface area contributed by atoms with Gasteiger partial charge in [-0.2, -0.15) is 0 Å². The molecule has 19 heavy (non-hydrogen) atoms. The fraction of sp³-hybridized carbons (Fsp3) is 0.846. The van der Waals surface area contributed by atoms with Crippen molar-refractivity contribution in [3.05, 3.63) is 0 Å². The first-order valence-corrected chi connectivity index (χ1v) is 6.45. The van der Waals surface area contributed by atoms with Gasteiger partial charge in [-0.15, -0.1) is 0 Å². The van der Waals surface area contributed by atoms with Crippen LogP contribution in [0.2, 0.25) is 0 Å². The van der Waals surface area contributed by atoms with Crippen molar-refractivity contribution in [2.45, 2.75) is 51.7 Å². The van der Waals surface area contributed by atoms with Crippen LogP contribution in [0.5, 0.6) is 0 Å². The minimum Gasteiger partial charge on any atom is -0.444 e. The van der Waals surface area contributed by atoms with E-state index in [9.17, 15) is 9.59 Å². The SMILES string of the molecule is CON(C)C(=O)C1(C)CCCN1C(=O)OC(C)(C)C. The van der Waals surface area contributed by atoms with Gasteiger partial charge in [-0.1, -0.05) is 0 Å². The number of amides is 2. The topological polar surface area (TPSA) is 59.1 Å². The van der Waals surface area contributed by atoms with Crippen molar-refractivity contribution in [1.29, 1.82) is 0 Å². The van der Waals surface area contributed by atoms with Crippen LogP contribution in [0.3, 0.4) is 0 Å². The van der Waals surface area contributed by atoms with Crippen molar-refractivity contribution in [3.63, 3.8) is 0 Å². The summed E-state index contributed by atoms with van der Waals surface area (Å²) >= 11 is 0. The molecule has 110 valence electrons. The van der Waals surface area contributed by atoms with E-state index in [0.717, 1.165) is 11.5 Å². The van der Waals surface area contributed by atoms with E-state index in [1.54, 1.807) is 34.7 Å². The maximum Gasteiger partial charge on any atom is 0.411 e. The van der Waals surface area contributed by atoms with Crippen LogP contribution in [-0.4, -0.2) is 53.8 Å². The Morgan fingerprint density at radius 2 is 1.89 bits per heavy atom. The molecule has 0 aromatic carbocycles. The lowest BCUT2D eigenvalue weighted by atomic mass is 9.98. The van der Waals surface area contributed by atoms with Crippen molar-refractivity contribution >= 4 is 12.0 Å². The number of carbonyl (C=O) groups excluding carboxylic acids is 2. The molecule has 1 unspecified atom stereocenters. The third-order valence-corrected chi connectivity index (χ3v) is 3.28. The Bertz CT molecular complexity index is 364. The number of nitrogens with zero attached hydrogens (tertiary/aromatic N) is 2. The lowest BCUT2D eigenvalue weighted by Crippen LogP contribution is -2.56. The summed E-state index contributed by atoms with van der Waals surface area (Å²) in [6.45, 7) is 7.70. The van der Waals surface area contributed by atoms with Crippen LogP contribution in [0.1, 0.15) is 40.5 Å². The molecule has 0 aliphatic carbocycles. The number of hydrogen-bond donors (Lipinski definition) is 0. The first-order valence-electron chi connectivity index (χ1n) is 6.45. The van der Waals surface area contributed by atoms with Gasteiger partial charge in [-0.25, -0.2) is 9.86 Å². The van der Waals surface area contributed by atoms with E-state index in [4.69, 9.17) is 9.57 Å². The third kappa shape index (κ3) is 3.37. The summed E-state index contributed by atoms with van der Waals surface area (Å²) in [5.41, 5.74) is -1.47. The standard InChI is InChI=1S/C13H24N2O4/c1-12(2,3)19-11(17)15-9-7-8-13(15,4)10(16)14(5)18-6/h7-9H2,1-6H3. The predicted molar refractivity (Wildman–Crippen MR) is 70.4 cm³/mol. The van der Waals surface area contributed by atoms with Gasteiger partial charge in [0.25, 0.3) is 5.91 Å². The van der Waals surface area contributed by atoms with Crippen LogP contribution in [0, 0.1) is 0 Å². The van der Waals surface area contributed by atoms with Crippen molar-refractivity contribution in [2.75, 3.05) is 20.7 Å². The number of rotatable bonds is 2. The fourth-order valence-electron chi connectivity index (χ4n) is 2.22. The first kappa shape index (κ1) is 15.8. The molecule has 1 rings (SSSR count). The molecule has 1 atom stereocenters. The van der Waals surface area contributed by atoms with E-state index < -0.39 is 17.2 Å². The third-order valence-electron chi connectivity index (χ3n) is 3.28. The molecule has 0 aromatic heterocycles. The maximum absolute atomic E-state index is 12.3. The van der Waals surface area contributed by atoms with Crippen LogP contribution in [0.4, 0.5) is 4.79 Å². The second kappa shape index (κ2) is 5.36. The monoisotopic (exact) mass is 272 g/mol. The maximum atomic E-state index is 12.3. The zero-order valence-corrected chi connectivity index (χ0v) is 12.6. The van der Waals surface area contributed by atoms with Crippen molar-refractivity contribution in [1.82, 2.24) is 9.96 Å². The summed E-state index contributed by atoms with van der Waals surface area (Å²) in [6, 6.07) is 0. The van der Waals surface area contributed by atoms with E-state index in [0.29, 0.717) is 13.0 Å². The van der Waals surface area contributed by atoms with E-state index in [1.165, 1.54) is 12.0 Å². The molecule has 0 saturated carbocycles. The molecule has 6 nitrogen and oxygen atoms in total. The Balaban J connectivity index is 2.89. The summed E-state index contributed by atoms with van der Waals surface area (Å²) in [5, 5.41) is 1.16. The summed E-state index contributed by atoms with van der Waals surface area (Å²) in [6.07, 6.45) is 0.933. The second-order valence-electron chi connectivity index (χ2n) is 5.99. The second-order valence-corrected chi connectivity index (χ2v) is 5.99. The zero-order chi connectivity index (χ0) is 14.8. The van der Waals surface area contributed by atoms with Crippen LogP contribution < -0.4 is 0 Å². The van der Waals surface area contributed by atoms with Crippen LogP contribution in [0.25, 0.3) is 0 Å². The molecular formula is C13H24N2O4. The molecular weight excluding hydrogens is 248 g/mol. The highest BCUT2D eigenvalue weighted by molar-refractivity contribution is 5.89. The smallest absolute Gasteiger partial charge is 0.411 e. The Labute approximate surface area is 114 Å². The van der Waals surface area contributed by atoms with Crippen molar-refractivity contribution in [3.8, 4) is 0 Å². The first-order chi connectivity index (χ1) is 8.62. The molecule has 6 heteroatoms. The number of likely N-dealkylation sites (tertiary alicyclic amines) is 1. The van der Waals surface area contributed by atoms with E-state index >= 15 is 0 Å². The molecule has 0 radical (unpaired) electrons. The minimum absolute atomic E-state index is 0.238. The molecule has 0 bridgehead atoms. The summed E-state index contributed by atoms with van der Waals surface area (Å²) < 4.78 is 5.36.